The maximum atomic E-state index is 13.4. The van der Waals surface area contributed by atoms with Gasteiger partial charge in [0, 0.05) is 18.1 Å². The van der Waals surface area contributed by atoms with Gasteiger partial charge in [0.25, 0.3) is 0 Å². The monoisotopic (exact) mass is 394 g/mol. The molecule has 3 N–H and O–H groups in total. The summed E-state index contributed by atoms with van der Waals surface area (Å²) in [5.41, 5.74) is 9.41. The zero-order valence-electron chi connectivity index (χ0n) is 16.5. The van der Waals surface area contributed by atoms with Gasteiger partial charge in [-0.15, -0.1) is 0 Å². The first-order valence-corrected chi connectivity index (χ1v) is 10.1. The van der Waals surface area contributed by atoms with Crippen LogP contribution in [0.4, 0.5) is 4.39 Å². The SMILES string of the molecule is Fc1ccc2nccc(C3CCCCC3)c2c1.NCc1ccc(CC(=O)O)cc1. The van der Waals surface area contributed by atoms with Crippen LogP contribution in [0.3, 0.4) is 0 Å². The summed E-state index contributed by atoms with van der Waals surface area (Å²) in [6.07, 6.45) is 8.32. The van der Waals surface area contributed by atoms with Gasteiger partial charge < -0.3 is 10.8 Å². The Hall–Kier alpha value is -2.79. The molecule has 1 saturated carbocycles. The third-order valence-corrected chi connectivity index (χ3v) is 5.40. The number of carboxylic acid groups (broad SMARTS) is 1. The first kappa shape index (κ1) is 20.9. The summed E-state index contributed by atoms with van der Waals surface area (Å²) in [7, 11) is 0. The van der Waals surface area contributed by atoms with E-state index in [0.717, 1.165) is 22.0 Å². The lowest BCUT2D eigenvalue weighted by Crippen LogP contribution is -2.05. The number of rotatable bonds is 4. The van der Waals surface area contributed by atoms with Gasteiger partial charge in [0.2, 0.25) is 0 Å². The molecular weight excluding hydrogens is 367 g/mol. The fourth-order valence-electron chi connectivity index (χ4n) is 3.88. The summed E-state index contributed by atoms with van der Waals surface area (Å²) in [4.78, 5) is 14.6. The lowest BCUT2D eigenvalue weighted by molar-refractivity contribution is -0.136. The van der Waals surface area contributed by atoms with Crippen LogP contribution >= 0.6 is 0 Å². The molecular formula is C24H27FN2O2. The molecule has 0 aliphatic heterocycles. The number of nitrogens with two attached hydrogens (primary N) is 1. The minimum absolute atomic E-state index is 0.0743. The van der Waals surface area contributed by atoms with E-state index < -0.39 is 5.97 Å². The molecule has 0 saturated heterocycles. The number of pyridine rings is 1. The fraction of sp³-hybridized carbons (Fsp3) is 0.333. The van der Waals surface area contributed by atoms with Crippen molar-refractivity contribution in [3.05, 3.63) is 77.2 Å². The quantitative estimate of drug-likeness (QED) is 0.638. The first-order chi connectivity index (χ1) is 14.1. The number of fused-ring (bicyclic) bond motifs is 1. The highest BCUT2D eigenvalue weighted by atomic mass is 19.1. The standard InChI is InChI=1S/C15H16FN.C9H11NO2/c16-12-6-7-15-14(10-12)13(8-9-17-15)11-4-2-1-3-5-11;10-6-8-3-1-7(2-4-8)5-9(11)12/h6-11H,1-5H2;1-4H,5-6,10H2,(H,11,12). The molecule has 4 rings (SSSR count). The van der Waals surface area contributed by atoms with E-state index in [1.807, 2.05) is 18.3 Å². The maximum Gasteiger partial charge on any atom is 0.307 e. The summed E-state index contributed by atoms with van der Waals surface area (Å²) in [5.74, 6) is -0.380. The second-order valence-corrected chi connectivity index (χ2v) is 7.49. The fourth-order valence-corrected chi connectivity index (χ4v) is 3.88. The van der Waals surface area contributed by atoms with E-state index in [9.17, 15) is 9.18 Å². The van der Waals surface area contributed by atoms with Crippen LogP contribution in [0, 0.1) is 5.82 Å². The Morgan fingerprint density at radius 3 is 2.38 bits per heavy atom. The topological polar surface area (TPSA) is 76.2 Å². The molecule has 0 amide bonds. The lowest BCUT2D eigenvalue weighted by Gasteiger charge is -2.23. The van der Waals surface area contributed by atoms with Crippen LogP contribution in [0.5, 0.6) is 0 Å². The smallest absolute Gasteiger partial charge is 0.307 e. The van der Waals surface area contributed by atoms with Gasteiger partial charge in [0.1, 0.15) is 5.82 Å². The van der Waals surface area contributed by atoms with Gasteiger partial charge in [-0.1, -0.05) is 43.5 Å². The van der Waals surface area contributed by atoms with Gasteiger partial charge in [0.05, 0.1) is 11.9 Å². The van der Waals surface area contributed by atoms with Gasteiger partial charge >= 0.3 is 5.97 Å². The number of hydrogen-bond acceptors (Lipinski definition) is 3. The molecule has 29 heavy (non-hydrogen) atoms. The van der Waals surface area contributed by atoms with Crippen LogP contribution in [-0.4, -0.2) is 16.1 Å². The predicted octanol–water partition coefficient (Wildman–Crippen LogP) is 5.19. The van der Waals surface area contributed by atoms with Crippen molar-refractivity contribution < 1.29 is 14.3 Å². The number of nitrogens with zero attached hydrogens (tertiary/aromatic N) is 1. The number of benzene rings is 2. The van der Waals surface area contributed by atoms with E-state index in [0.29, 0.717) is 12.5 Å². The third-order valence-electron chi connectivity index (χ3n) is 5.40. The van der Waals surface area contributed by atoms with Crippen LogP contribution in [0.2, 0.25) is 0 Å². The maximum absolute atomic E-state index is 13.4. The van der Waals surface area contributed by atoms with Crippen LogP contribution in [-0.2, 0) is 17.8 Å². The number of carboxylic acids is 1. The number of carbonyl (C=O) groups is 1. The van der Waals surface area contributed by atoms with Gasteiger partial charge in [-0.05, 0) is 59.7 Å². The molecule has 4 nitrogen and oxygen atoms in total. The van der Waals surface area contributed by atoms with Crippen molar-refractivity contribution in [2.75, 3.05) is 0 Å². The molecule has 0 atom stereocenters. The van der Waals surface area contributed by atoms with Crippen LogP contribution < -0.4 is 5.73 Å². The zero-order valence-corrected chi connectivity index (χ0v) is 16.5. The van der Waals surface area contributed by atoms with Crippen molar-refractivity contribution in [1.29, 1.82) is 0 Å². The number of halogens is 1. The summed E-state index contributed by atoms with van der Waals surface area (Å²) < 4.78 is 13.4. The molecule has 1 heterocycles. The normalized spacial score (nSPS) is 14.3. The molecule has 2 aromatic carbocycles. The molecule has 1 fully saturated rings. The summed E-state index contributed by atoms with van der Waals surface area (Å²) in [6, 6.07) is 14.2. The summed E-state index contributed by atoms with van der Waals surface area (Å²) in [5, 5.41) is 9.47. The van der Waals surface area contributed by atoms with Crippen LogP contribution in [0.15, 0.2) is 54.7 Å². The van der Waals surface area contributed by atoms with Gasteiger partial charge in [0.15, 0.2) is 0 Å². The lowest BCUT2D eigenvalue weighted by atomic mass is 9.83. The van der Waals surface area contributed by atoms with Gasteiger partial charge in [-0.2, -0.15) is 0 Å². The van der Waals surface area contributed by atoms with Crippen molar-refractivity contribution in [3.63, 3.8) is 0 Å². The molecule has 3 aromatic rings. The average molecular weight is 394 g/mol. The van der Waals surface area contributed by atoms with Gasteiger partial charge in [-0.3, -0.25) is 9.78 Å². The van der Waals surface area contributed by atoms with Crippen LogP contribution in [0.25, 0.3) is 10.9 Å². The summed E-state index contributed by atoms with van der Waals surface area (Å²) >= 11 is 0. The van der Waals surface area contributed by atoms with E-state index in [2.05, 4.69) is 11.1 Å². The minimum atomic E-state index is -0.810. The molecule has 0 bridgehead atoms. The van der Waals surface area contributed by atoms with Crippen molar-refractivity contribution >= 4 is 16.9 Å². The largest absolute Gasteiger partial charge is 0.481 e. The Labute approximate surface area is 170 Å². The molecule has 152 valence electrons. The van der Waals surface area contributed by atoms with E-state index in [-0.39, 0.29) is 12.2 Å². The highest BCUT2D eigenvalue weighted by molar-refractivity contribution is 5.82. The Morgan fingerprint density at radius 2 is 1.72 bits per heavy atom. The number of aromatic nitrogens is 1. The van der Waals surface area contributed by atoms with Gasteiger partial charge in [-0.25, -0.2) is 4.39 Å². The van der Waals surface area contributed by atoms with Crippen molar-refractivity contribution in [2.45, 2.75) is 51.0 Å². The number of hydrogen-bond donors (Lipinski definition) is 2. The molecule has 1 aliphatic carbocycles. The van der Waals surface area contributed by atoms with E-state index in [4.69, 9.17) is 10.8 Å². The van der Waals surface area contributed by atoms with Crippen molar-refractivity contribution in [1.82, 2.24) is 4.98 Å². The molecule has 5 heteroatoms. The Kier molecular flexibility index (Phi) is 7.30. The Bertz CT molecular complexity index is 951. The van der Waals surface area contributed by atoms with E-state index in [1.165, 1.54) is 43.7 Å². The van der Waals surface area contributed by atoms with E-state index >= 15 is 0 Å². The molecule has 0 unspecified atom stereocenters. The van der Waals surface area contributed by atoms with Crippen molar-refractivity contribution in [3.8, 4) is 0 Å². The average Bonchev–Trinajstić information content (AvgIpc) is 2.74. The Balaban J connectivity index is 0.000000177. The predicted molar refractivity (Wildman–Crippen MR) is 113 cm³/mol. The van der Waals surface area contributed by atoms with E-state index in [1.54, 1.807) is 24.3 Å². The van der Waals surface area contributed by atoms with Crippen LogP contribution in [0.1, 0.15) is 54.7 Å². The first-order valence-electron chi connectivity index (χ1n) is 10.1. The molecule has 1 aliphatic rings. The number of aliphatic carboxylic acids is 1. The minimum Gasteiger partial charge on any atom is -0.481 e. The second-order valence-electron chi connectivity index (χ2n) is 7.49. The molecule has 0 spiro atoms. The third kappa shape index (κ3) is 5.84. The Morgan fingerprint density at radius 1 is 1.03 bits per heavy atom. The zero-order chi connectivity index (χ0) is 20.6. The molecule has 0 radical (unpaired) electrons. The molecule has 1 aromatic heterocycles. The highest BCUT2D eigenvalue weighted by Gasteiger charge is 2.17. The highest BCUT2D eigenvalue weighted by Crippen LogP contribution is 2.35. The second kappa shape index (κ2) is 10.1. The summed E-state index contributed by atoms with van der Waals surface area (Å²) in [6.45, 7) is 0.493. The van der Waals surface area contributed by atoms with Crippen molar-refractivity contribution in [2.24, 2.45) is 5.73 Å².